The number of nitro groups is 1. The molecule has 1 N–H and O–H groups in total. The highest BCUT2D eigenvalue weighted by molar-refractivity contribution is 7.14. The number of carbonyl (C=O) groups excluding carboxylic acids is 1. The van der Waals surface area contributed by atoms with Crippen molar-refractivity contribution in [3.8, 4) is 11.3 Å². The van der Waals surface area contributed by atoms with Crippen LogP contribution in [0, 0.1) is 10.1 Å². The summed E-state index contributed by atoms with van der Waals surface area (Å²) in [6.07, 6.45) is 0. The van der Waals surface area contributed by atoms with Crippen LogP contribution in [-0.4, -0.2) is 15.8 Å². The Hall–Kier alpha value is -2.48. The first-order chi connectivity index (χ1) is 11.9. The zero-order valence-corrected chi connectivity index (χ0v) is 14.7. The molecule has 126 valence electrons. The largest absolute Gasteiger partial charge is 0.298 e. The highest BCUT2D eigenvalue weighted by atomic mass is 35.5. The number of nitro benzene ring substituents is 1. The Labute approximate surface area is 156 Å². The first-order valence-corrected chi connectivity index (χ1v) is 8.54. The van der Waals surface area contributed by atoms with E-state index in [0.29, 0.717) is 27.0 Å². The first-order valence-electron chi connectivity index (χ1n) is 6.91. The Morgan fingerprint density at radius 3 is 2.68 bits per heavy atom. The van der Waals surface area contributed by atoms with Gasteiger partial charge in [0.15, 0.2) is 5.13 Å². The van der Waals surface area contributed by atoms with Gasteiger partial charge in [0, 0.05) is 28.6 Å². The number of anilines is 1. The summed E-state index contributed by atoms with van der Waals surface area (Å²) in [6, 6.07) is 10.7. The number of benzene rings is 2. The maximum Gasteiger partial charge on any atom is 0.270 e. The fourth-order valence-corrected chi connectivity index (χ4v) is 3.06. The highest BCUT2D eigenvalue weighted by Crippen LogP contribution is 2.28. The van der Waals surface area contributed by atoms with E-state index in [4.69, 9.17) is 23.2 Å². The maximum atomic E-state index is 12.2. The molecular formula is C16H9Cl2N3O3S. The quantitative estimate of drug-likeness (QED) is 0.482. The van der Waals surface area contributed by atoms with Crippen LogP contribution in [0.25, 0.3) is 11.3 Å². The molecule has 25 heavy (non-hydrogen) atoms. The van der Waals surface area contributed by atoms with Crippen molar-refractivity contribution >= 4 is 51.3 Å². The summed E-state index contributed by atoms with van der Waals surface area (Å²) in [6.45, 7) is 0. The summed E-state index contributed by atoms with van der Waals surface area (Å²) in [7, 11) is 0. The Balaban J connectivity index is 1.79. The number of nitrogens with zero attached hydrogens (tertiary/aromatic N) is 2. The van der Waals surface area contributed by atoms with E-state index in [9.17, 15) is 14.9 Å². The average Bonchev–Trinajstić information content (AvgIpc) is 3.06. The van der Waals surface area contributed by atoms with Gasteiger partial charge >= 0.3 is 0 Å². The lowest BCUT2D eigenvalue weighted by atomic mass is 10.1. The van der Waals surface area contributed by atoms with E-state index in [1.807, 2.05) is 0 Å². The summed E-state index contributed by atoms with van der Waals surface area (Å²) >= 11 is 13.0. The molecule has 0 spiro atoms. The second-order valence-corrected chi connectivity index (χ2v) is 6.60. The van der Waals surface area contributed by atoms with Crippen LogP contribution >= 0.6 is 34.5 Å². The summed E-state index contributed by atoms with van der Waals surface area (Å²) in [5, 5.41) is 16.2. The number of thiazole rings is 1. The standard InChI is InChI=1S/C16H9Cl2N3O3S/c17-12-5-4-10(7-13(12)18)15(22)20-16-19-14(8-25-16)9-2-1-3-11(6-9)21(23)24/h1-8H,(H,19,20,22). The third-order valence-electron chi connectivity index (χ3n) is 3.26. The SMILES string of the molecule is O=C(Nc1nc(-c2cccc([N+](=O)[O-])c2)cs1)c1ccc(Cl)c(Cl)c1. The van der Waals surface area contributed by atoms with E-state index in [1.54, 1.807) is 23.6 Å². The van der Waals surface area contributed by atoms with Gasteiger partial charge in [0.05, 0.1) is 20.7 Å². The van der Waals surface area contributed by atoms with Gasteiger partial charge in [0.1, 0.15) is 0 Å². The molecule has 0 saturated carbocycles. The fraction of sp³-hybridized carbons (Fsp3) is 0. The monoisotopic (exact) mass is 393 g/mol. The van der Waals surface area contributed by atoms with E-state index in [1.165, 1.54) is 35.6 Å². The van der Waals surface area contributed by atoms with E-state index >= 15 is 0 Å². The van der Waals surface area contributed by atoms with Gasteiger partial charge in [-0.25, -0.2) is 4.98 Å². The predicted molar refractivity (Wildman–Crippen MR) is 98.6 cm³/mol. The topological polar surface area (TPSA) is 85.1 Å². The number of non-ortho nitro benzene ring substituents is 1. The number of halogens is 2. The predicted octanol–water partition coefficient (Wildman–Crippen LogP) is 5.28. The van der Waals surface area contributed by atoms with E-state index in [-0.39, 0.29) is 16.6 Å². The molecule has 0 unspecified atom stereocenters. The zero-order valence-electron chi connectivity index (χ0n) is 12.4. The molecule has 2 aromatic carbocycles. The van der Waals surface area contributed by atoms with Crippen LogP contribution in [-0.2, 0) is 0 Å². The van der Waals surface area contributed by atoms with Gasteiger partial charge in [-0.05, 0) is 18.2 Å². The minimum atomic E-state index is -0.469. The van der Waals surface area contributed by atoms with Crippen LogP contribution in [0.5, 0.6) is 0 Å². The lowest BCUT2D eigenvalue weighted by molar-refractivity contribution is -0.384. The third kappa shape index (κ3) is 3.96. The van der Waals surface area contributed by atoms with Gasteiger partial charge in [0.25, 0.3) is 11.6 Å². The number of amides is 1. The van der Waals surface area contributed by atoms with Gasteiger partial charge in [0.2, 0.25) is 0 Å². The fourth-order valence-electron chi connectivity index (χ4n) is 2.05. The summed E-state index contributed by atoms with van der Waals surface area (Å²) in [4.78, 5) is 26.9. The maximum absolute atomic E-state index is 12.2. The molecule has 6 nitrogen and oxygen atoms in total. The van der Waals surface area contributed by atoms with E-state index in [0.717, 1.165) is 0 Å². The van der Waals surface area contributed by atoms with Crippen LogP contribution < -0.4 is 5.32 Å². The summed E-state index contributed by atoms with van der Waals surface area (Å²) in [5.74, 6) is -0.376. The second kappa shape index (κ2) is 7.18. The van der Waals surface area contributed by atoms with Crippen molar-refractivity contribution in [3.63, 3.8) is 0 Å². The van der Waals surface area contributed by atoms with E-state index < -0.39 is 4.92 Å². The van der Waals surface area contributed by atoms with Crippen LogP contribution in [0.1, 0.15) is 10.4 Å². The molecule has 0 saturated heterocycles. The Kier molecular flexibility index (Phi) is 4.98. The van der Waals surface area contributed by atoms with Gasteiger partial charge in [-0.15, -0.1) is 11.3 Å². The molecule has 3 aromatic rings. The van der Waals surface area contributed by atoms with Crippen molar-refractivity contribution in [2.45, 2.75) is 0 Å². The number of hydrogen-bond donors (Lipinski definition) is 1. The average molecular weight is 394 g/mol. The molecule has 3 rings (SSSR count). The van der Waals surface area contributed by atoms with Gasteiger partial charge in [-0.1, -0.05) is 35.3 Å². The van der Waals surface area contributed by atoms with Crippen molar-refractivity contribution in [3.05, 3.63) is 73.6 Å². The second-order valence-electron chi connectivity index (χ2n) is 4.93. The first kappa shape index (κ1) is 17.3. The molecule has 0 aliphatic rings. The molecule has 9 heteroatoms. The molecule has 0 fully saturated rings. The minimum Gasteiger partial charge on any atom is -0.298 e. The Morgan fingerprint density at radius 2 is 1.96 bits per heavy atom. The Bertz CT molecular complexity index is 975. The van der Waals surface area contributed by atoms with Gasteiger partial charge in [-0.3, -0.25) is 20.2 Å². The van der Waals surface area contributed by atoms with Gasteiger partial charge in [-0.2, -0.15) is 0 Å². The lowest BCUT2D eigenvalue weighted by Crippen LogP contribution is -2.11. The van der Waals surface area contributed by atoms with Crippen LogP contribution in [0.15, 0.2) is 47.8 Å². The normalized spacial score (nSPS) is 10.5. The minimum absolute atomic E-state index is 0.0214. The molecular weight excluding hydrogens is 385 g/mol. The van der Waals surface area contributed by atoms with Crippen molar-refractivity contribution in [2.75, 3.05) is 5.32 Å². The highest BCUT2D eigenvalue weighted by Gasteiger charge is 2.13. The van der Waals surface area contributed by atoms with Crippen molar-refractivity contribution < 1.29 is 9.72 Å². The number of rotatable bonds is 4. The van der Waals surface area contributed by atoms with Crippen LogP contribution in [0.2, 0.25) is 10.0 Å². The number of nitrogens with one attached hydrogen (secondary N) is 1. The molecule has 0 radical (unpaired) electrons. The zero-order chi connectivity index (χ0) is 18.0. The van der Waals surface area contributed by atoms with E-state index in [2.05, 4.69) is 10.3 Å². The molecule has 0 aliphatic heterocycles. The Morgan fingerprint density at radius 1 is 1.16 bits per heavy atom. The molecule has 1 heterocycles. The number of aromatic nitrogens is 1. The third-order valence-corrected chi connectivity index (χ3v) is 4.76. The molecule has 1 amide bonds. The molecule has 0 atom stereocenters. The molecule has 0 bridgehead atoms. The van der Waals surface area contributed by atoms with Crippen molar-refractivity contribution in [1.82, 2.24) is 4.98 Å². The van der Waals surface area contributed by atoms with Crippen molar-refractivity contribution in [1.29, 1.82) is 0 Å². The smallest absolute Gasteiger partial charge is 0.270 e. The van der Waals surface area contributed by atoms with Crippen LogP contribution in [0.4, 0.5) is 10.8 Å². The number of carbonyl (C=O) groups is 1. The molecule has 1 aromatic heterocycles. The van der Waals surface area contributed by atoms with Crippen LogP contribution in [0.3, 0.4) is 0 Å². The number of hydrogen-bond acceptors (Lipinski definition) is 5. The van der Waals surface area contributed by atoms with Crippen molar-refractivity contribution in [2.24, 2.45) is 0 Å². The summed E-state index contributed by atoms with van der Waals surface area (Å²) in [5.41, 5.74) is 1.46. The lowest BCUT2D eigenvalue weighted by Gasteiger charge is -2.03. The molecule has 0 aliphatic carbocycles. The summed E-state index contributed by atoms with van der Waals surface area (Å²) < 4.78 is 0. The van der Waals surface area contributed by atoms with Gasteiger partial charge < -0.3 is 0 Å².